The third-order valence-corrected chi connectivity index (χ3v) is 8.11. The molecule has 8 heteroatoms. The zero-order valence-electron chi connectivity index (χ0n) is 18.4. The minimum absolute atomic E-state index is 0.129. The molecule has 2 fully saturated rings. The highest BCUT2D eigenvalue weighted by Gasteiger charge is 2.33. The normalized spacial score (nSPS) is 18.8. The van der Waals surface area contributed by atoms with Crippen molar-refractivity contribution in [1.82, 2.24) is 9.62 Å². The zero-order valence-corrected chi connectivity index (χ0v) is 19.9. The lowest BCUT2D eigenvalue weighted by Crippen LogP contribution is -2.46. The molecule has 1 aromatic carbocycles. The predicted octanol–water partition coefficient (Wildman–Crippen LogP) is 4.91. The first-order valence-corrected chi connectivity index (χ1v) is 12.9. The second kappa shape index (κ2) is 9.45. The van der Waals surface area contributed by atoms with Gasteiger partial charge >= 0.3 is 6.03 Å². The Morgan fingerprint density at radius 1 is 1.07 bits per heavy atom. The van der Waals surface area contributed by atoms with Crippen LogP contribution in [-0.2, 0) is 10.0 Å². The van der Waals surface area contributed by atoms with Crippen molar-refractivity contribution in [2.45, 2.75) is 70.5 Å². The van der Waals surface area contributed by atoms with E-state index in [1.165, 1.54) is 12.8 Å². The molecule has 1 saturated heterocycles. The van der Waals surface area contributed by atoms with Crippen LogP contribution in [0.4, 0.5) is 10.5 Å². The summed E-state index contributed by atoms with van der Waals surface area (Å²) < 4.78 is 27.9. The number of hydrogen-bond donors (Lipinski definition) is 2. The van der Waals surface area contributed by atoms with Crippen LogP contribution >= 0.6 is 11.6 Å². The van der Waals surface area contributed by atoms with E-state index in [0.717, 1.165) is 36.7 Å². The van der Waals surface area contributed by atoms with Crippen molar-refractivity contribution in [3.63, 3.8) is 0 Å². The van der Waals surface area contributed by atoms with Crippen LogP contribution in [0.25, 0.3) is 0 Å². The molecule has 0 bridgehead atoms. The molecule has 0 unspecified atom stereocenters. The zero-order chi connectivity index (χ0) is 22.1. The fourth-order valence-corrected chi connectivity index (χ4v) is 5.67. The van der Waals surface area contributed by atoms with E-state index in [0.29, 0.717) is 23.6 Å². The maximum Gasteiger partial charge on any atom is 0.332 e. The maximum atomic E-state index is 12.8. The van der Waals surface area contributed by atoms with Gasteiger partial charge in [-0.25, -0.2) is 17.9 Å². The number of halogens is 1. The van der Waals surface area contributed by atoms with Crippen molar-refractivity contribution in [2.75, 3.05) is 25.0 Å². The van der Waals surface area contributed by atoms with E-state index in [1.54, 1.807) is 0 Å². The molecule has 0 atom stereocenters. The molecule has 2 aliphatic rings. The SMILES string of the molecule is CC(C)c1cc(Cl)cc(C(C)C)c1NC(=O)NS(=O)(=O)C1CCN(CC2CC2)CC1. The highest BCUT2D eigenvalue weighted by Crippen LogP contribution is 2.35. The fourth-order valence-electron chi connectivity index (χ4n) is 4.12. The van der Waals surface area contributed by atoms with Gasteiger partial charge in [0.05, 0.1) is 5.25 Å². The van der Waals surface area contributed by atoms with Crippen molar-refractivity contribution in [3.05, 3.63) is 28.3 Å². The summed E-state index contributed by atoms with van der Waals surface area (Å²) in [4.78, 5) is 15.0. The average molecular weight is 456 g/mol. The van der Waals surface area contributed by atoms with Crippen LogP contribution in [-0.4, -0.2) is 44.2 Å². The summed E-state index contributed by atoms with van der Waals surface area (Å²) >= 11 is 6.27. The maximum absolute atomic E-state index is 12.8. The first-order valence-electron chi connectivity index (χ1n) is 10.9. The van der Waals surface area contributed by atoms with Gasteiger partial charge in [-0.2, -0.15) is 0 Å². The van der Waals surface area contributed by atoms with E-state index in [-0.39, 0.29) is 11.8 Å². The third-order valence-electron chi connectivity index (χ3n) is 6.07. The van der Waals surface area contributed by atoms with Gasteiger partial charge in [0.2, 0.25) is 10.0 Å². The molecular weight excluding hydrogens is 422 g/mol. The Balaban J connectivity index is 1.67. The molecule has 0 radical (unpaired) electrons. The number of rotatable bonds is 7. The van der Waals surface area contributed by atoms with Crippen molar-refractivity contribution in [1.29, 1.82) is 0 Å². The van der Waals surface area contributed by atoms with Crippen LogP contribution in [0.2, 0.25) is 5.02 Å². The number of nitrogens with one attached hydrogen (secondary N) is 2. The number of likely N-dealkylation sites (tertiary alicyclic amines) is 1. The number of benzene rings is 1. The molecule has 1 saturated carbocycles. The molecule has 168 valence electrons. The lowest BCUT2D eigenvalue weighted by Gasteiger charge is -2.31. The van der Waals surface area contributed by atoms with Gasteiger partial charge in [-0.15, -0.1) is 0 Å². The Hall–Kier alpha value is -1.31. The lowest BCUT2D eigenvalue weighted by atomic mass is 9.92. The number of carbonyl (C=O) groups is 1. The summed E-state index contributed by atoms with van der Waals surface area (Å²) in [5.74, 6) is 1.06. The molecule has 1 aliphatic heterocycles. The van der Waals surface area contributed by atoms with Crippen LogP contribution in [0.15, 0.2) is 12.1 Å². The monoisotopic (exact) mass is 455 g/mol. The summed E-state index contributed by atoms with van der Waals surface area (Å²) in [5, 5.41) is 2.89. The number of hydrogen-bond acceptors (Lipinski definition) is 4. The predicted molar refractivity (Wildman–Crippen MR) is 123 cm³/mol. The Bertz CT molecular complexity index is 845. The first-order chi connectivity index (χ1) is 14.1. The highest BCUT2D eigenvalue weighted by molar-refractivity contribution is 7.90. The van der Waals surface area contributed by atoms with Gasteiger partial charge in [0.1, 0.15) is 0 Å². The molecule has 2 amide bonds. The topological polar surface area (TPSA) is 78.5 Å². The van der Waals surface area contributed by atoms with Crippen LogP contribution < -0.4 is 10.0 Å². The van der Waals surface area contributed by atoms with Crippen molar-refractivity contribution >= 4 is 33.3 Å². The van der Waals surface area contributed by atoms with Crippen LogP contribution in [0, 0.1) is 5.92 Å². The highest BCUT2D eigenvalue weighted by atomic mass is 35.5. The van der Waals surface area contributed by atoms with Crippen molar-refractivity contribution in [2.24, 2.45) is 5.92 Å². The summed E-state index contributed by atoms with van der Waals surface area (Å²) in [7, 11) is -3.73. The third kappa shape index (κ3) is 5.89. The number of nitrogens with zero attached hydrogens (tertiary/aromatic N) is 1. The molecule has 0 aromatic heterocycles. The number of sulfonamides is 1. The van der Waals surface area contributed by atoms with E-state index in [2.05, 4.69) is 14.9 Å². The van der Waals surface area contributed by atoms with Crippen LogP contribution in [0.3, 0.4) is 0 Å². The Labute approximate surface area is 185 Å². The smallest absolute Gasteiger partial charge is 0.307 e. The van der Waals surface area contributed by atoms with Crippen LogP contribution in [0.5, 0.6) is 0 Å². The number of amides is 2. The van der Waals surface area contributed by atoms with Gasteiger partial charge in [0.15, 0.2) is 0 Å². The van der Waals surface area contributed by atoms with E-state index < -0.39 is 21.3 Å². The average Bonchev–Trinajstić information content (AvgIpc) is 3.46. The van der Waals surface area contributed by atoms with E-state index >= 15 is 0 Å². The largest absolute Gasteiger partial charge is 0.332 e. The summed E-state index contributed by atoms with van der Waals surface area (Å²) in [6.07, 6.45) is 3.71. The van der Waals surface area contributed by atoms with Gasteiger partial charge in [0, 0.05) is 17.3 Å². The number of piperidine rings is 1. The second-order valence-corrected chi connectivity index (χ2v) is 11.7. The Morgan fingerprint density at radius 3 is 2.07 bits per heavy atom. The second-order valence-electron chi connectivity index (χ2n) is 9.31. The van der Waals surface area contributed by atoms with Gasteiger partial charge in [0.25, 0.3) is 0 Å². The number of carbonyl (C=O) groups excluding carboxylic acids is 1. The van der Waals surface area contributed by atoms with E-state index in [4.69, 9.17) is 11.6 Å². The Morgan fingerprint density at radius 2 is 1.60 bits per heavy atom. The number of urea groups is 1. The van der Waals surface area contributed by atoms with Gasteiger partial charge in [-0.1, -0.05) is 39.3 Å². The molecule has 1 heterocycles. The Kier molecular flexibility index (Phi) is 7.36. The standard InChI is InChI=1S/C22H34ClN3O3S/c1-14(2)19-11-17(23)12-20(15(3)4)21(19)24-22(27)25-30(28,29)18-7-9-26(10-8-18)13-16-5-6-16/h11-12,14-16,18H,5-10,13H2,1-4H3,(H2,24,25,27). The van der Waals surface area contributed by atoms with Gasteiger partial charge < -0.3 is 10.2 Å². The molecular formula is C22H34ClN3O3S. The summed E-state index contributed by atoms with van der Waals surface area (Å²) in [5.41, 5.74) is 2.44. The van der Waals surface area contributed by atoms with E-state index in [1.807, 2.05) is 39.8 Å². The first kappa shape index (κ1) is 23.4. The molecule has 1 aromatic rings. The minimum Gasteiger partial charge on any atom is -0.307 e. The van der Waals surface area contributed by atoms with E-state index in [9.17, 15) is 13.2 Å². The number of anilines is 1. The summed E-state index contributed by atoms with van der Waals surface area (Å²) in [6.45, 7) is 10.7. The lowest BCUT2D eigenvalue weighted by molar-refractivity contribution is 0.221. The summed E-state index contributed by atoms with van der Waals surface area (Å²) in [6, 6.07) is 2.96. The molecule has 6 nitrogen and oxygen atoms in total. The molecule has 0 spiro atoms. The molecule has 1 aliphatic carbocycles. The van der Waals surface area contributed by atoms with Crippen LogP contribution in [0.1, 0.15) is 76.3 Å². The quantitative estimate of drug-likeness (QED) is 0.612. The van der Waals surface area contributed by atoms with Crippen molar-refractivity contribution in [3.8, 4) is 0 Å². The molecule has 3 rings (SSSR count). The molecule has 30 heavy (non-hydrogen) atoms. The van der Waals surface area contributed by atoms with Gasteiger partial charge in [-0.05, 0) is 79.8 Å². The fraction of sp³-hybridized carbons (Fsp3) is 0.682. The molecule has 2 N–H and O–H groups in total. The van der Waals surface area contributed by atoms with Crippen molar-refractivity contribution < 1.29 is 13.2 Å². The minimum atomic E-state index is -3.73. The van der Waals surface area contributed by atoms with Gasteiger partial charge in [-0.3, -0.25) is 0 Å².